The van der Waals surface area contributed by atoms with Crippen molar-refractivity contribution in [3.63, 3.8) is 0 Å². The van der Waals surface area contributed by atoms with Gasteiger partial charge < -0.3 is 0 Å². The molecule has 0 saturated carbocycles. The zero-order chi connectivity index (χ0) is 12.0. The number of aromatic nitrogens is 1. The predicted molar refractivity (Wildman–Crippen MR) is 71.5 cm³/mol. The maximum atomic E-state index is 6.34. The molecule has 0 radical (unpaired) electrons. The van der Waals surface area contributed by atoms with Crippen LogP contribution in [-0.4, -0.2) is 4.98 Å². The highest BCUT2D eigenvalue weighted by molar-refractivity contribution is 6.36. The minimum Gasteiger partial charge on any atom is -0.258 e. The van der Waals surface area contributed by atoms with E-state index < -0.39 is 0 Å². The summed E-state index contributed by atoms with van der Waals surface area (Å²) in [5, 5.41) is 1.49. The van der Waals surface area contributed by atoms with Crippen LogP contribution in [0, 0.1) is 0 Å². The lowest BCUT2D eigenvalue weighted by Gasteiger charge is -2.10. The third kappa shape index (κ3) is 3.64. The molecule has 0 spiro atoms. The number of rotatable bonds is 6. The Kier molecular flexibility index (Phi) is 6.15. The second-order valence-corrected chi connectivity index (χ2v) is 4.84. The molecule has 0 amide bonds. The van der Waals surface area contributed by atoms with Crippen molar-refractivity contribution in [3.8, 4) is 0 Å². The van der Waals surface area contributed by atoms with Crippen LogP contribution < -0.4 is 0 Å². The third-order valence-electron chi connectivity index (χ3n) is 2.69. The van der Waals surface area contributed by atoms with Crippen LogP contribution in [0.3, 0.4) is 0 Å². The maximum Gasteiger partial charge on any atom is 0.0668 e. The predicted octanol–water partition coefficient (Wildman–Crippen LogP) is 5.07. The number of pyridine rings is 1. The first kappa shape index (κ1) is 13.8. The molecule has 0 aliphatic rings. The molecule has 1 rings (SSSR count). The van der Waals surface area contributed by atoms with Crippen LogP contribution in [0.1, 0.15) is 50.8 Å². The third-order valence-corrected chi connectivity index (χ3v) is 3.46. The molecule has 1 heterocycles. The minimum absolute atomic E-state index is 0.707. The van der Waals surface area contributed by atoms with E-state index in [9.17, 15) is 0 Å². The van der Waals surface area contributed by atoms with Gasteiger partial charge in [0, 0.05) is 6.20 Å². The van der Waals surface area contributed by atoms with Crippen molar-refractivity contribution >= 4 is 23.2 Å². The largest absolute Gasteiger partial charge is 0.258 e. The van der Waals surface area contributed by atoms with Gasteiger partial charge in [-0.05, 0) is 31.2 Å². The number of nitrogens with zero attached hydrogens (tertiary/aromatic N) is 1. The van der Waals surface area contributed by atoms with Gasteiger partial charge in [0.25, 0.3) is 0 Å². The lowest BCUT2D eigenvalue weighted by Crippen LogP contribution is -1.97. The Bertz CT molecular complexity index is 337. The number of hydrogen-bond donors (Lipinski definition) is 0. The lowest BCUT2D eigenvalue weighted by atomic mass is 10.1. The molecule has 90 valence electrons. The van der Waals surface area contributed by atoms with E-state index >= 15 is 0 Å². The van der Waals surface area contributed by atoms with E-state index in [2.05, 4.69) is 18.8 Å². The smallest absolute Gasteiger partial charge is 0.0668 e. The van der Waals surface area contributed by atoms with Crippen molar-refractivity contribution in [2.45, 2.75) is 52.4 Å². The first-order valence-electron chi connectivity index (χ1n) is 6.02. The number of hydrogen-bond acceptors (Lipinski definition) is 1. The Morgan fingerprint density at radius 3 is 2.31 bits per heavy atom. The first-order chi connectivity index (χ1) is 7.70. The summed E-state index contributed by atoms with van der Waals surface area (Å²) in [6, 6.07) is 0. The molecule has 0 saturated heterocycles. The van der Waals surface area contributed by atoms with Crippen LogP contribution in [0.15, 0.2) is 6.20 Å². The van der Waals surface area contributed by atoms with E-state index in [0.717, 1.165) is 54.8 Å². The Labute approximate surface area is 108 Å². The molecule has 0 atom stereocenters. The number of halogens is 2. The molecule has 0 aromatic carbocycles. The van der Waals surface area contributed by atoms with Crippen molar-refractivity contribution in [2.24, 2.45) is 0 Å². The molecule has 0 N–H and O–H groups in total. The van der Waals surface area contributed by atoms with Gasteiger partial charge in [-0.25, -0.2) is 0 Å². The first-order valence-corrected chi connectivity index (χ1v) is 6.78. The van der Waals surface area contributed by atoms with Gasteiger partial charge in [-0.2, -0.15) is 0 Å². The van der Waals surface area contributed by atoms with Gasteiger partial charge in [0.1, 0.15) is 0 Å². The second-order valence-electron chi connectivity index (χ2n) is 4.05. The fraction of sp³-hybridized carbons (Fsp3) is 0.615. The topological polar surface area (TPSA) is 12.9 Å². The van der Waals surface area contributed by atoms with Gasteiger partial charge in [0.15, 0.2) is 0 Å². The van der Waals surface area contributed by atoms with Crippen molar-refractivity contribution in [3.05, 3.63) is 27.5 Å². The molecule has 0 unspecified atom stereocenters. The van der Waals surface area contributed by atoms with Gasteiger partial charge in [-0.1, -0.05) is 49.9 Å². The van der Waals surface area contributed by atoms with Crippen molar-refractivity contribution in [1.29, 1.82) is 0 Å². The summed E-state index contributed by atoms with van der Waals surface area (Å²) in [5.74, 6) is 0. The van der Waals surface area contributed by atoms with Crippen molar-refractivity contribution in [2.75, 3.05) is 0 Å². The summed E-state index contributed by atoms with van der Waals surface area (Å²) in [4.78, 5) is 4.32. The summed E-state index contributed by atoms with van der Waals surface area (Å²) < 4.78 is 0. The van der Waals surface area contributed by atoms with E-state index in [1.807, 2.05) is 0 Å². The molecule has 16 heavy (non-hydrogen) atoms. The highest BCUT2D eigenvalue weighted by Gasteiger charge is 2.11. The van der Waals surface area contributed by atoms with Gasteiger partial charge >= 0.3 is 0 Å². The minimum atomic E-state index is 0.707. The lowest BCUT2D eigenvalue weighted by molar-refractivity contribution is 0.765. The van der Waals surface area contributed by atoms with Crippen molar-refractivity contribution in [1.82, 2.24) is 4.98 Å². The average molecular weight is 260 g/mol. The monoisotopic (exact) mass is 259 g/mol. The standard InChI is InChI=1S/C13H19Cl2N/c1-3-5-7-10-11(14)9-16-12(13(10)15)8-6-4-2/h9H,3-8H2,1-2H3. The van der Waals surface area contributed by atoms with Crippen LogP contribution >= 0.6 is 23.2 Å². The van der Waals surface area contributed by atoms with E-state index in [4.69, 9.17) is 23.2 Å². The molecular formula is C13H19Cl2N. The quantitative estimate of drug-likeness (QED) is 0.695. The maximum absolute atomic E-state index is 6.34. The van der Waals surface area contributed by atoms with Crippen LogP contribution in [0.25, 0.3) is 0 Å². The molecule has 1 nitrogen and oxygen atoms in total. The SMILES string of the molecule is CCCCc1ncc(Cl)c(CCCC)c1Cl. The normalized spacial score (nSPS) is 10.8. The Morgan fingerprint density at radius 1 is 1.06 bits per heavy atom. The second kappa shape index (κ2) is 7.13. The number of unbranched alkanes of at least 4 members (excludes halogenated alkanes) is 2. The van der Waals surface area contributed by atoms with E-state index in [1.165, 1.54) is 0 Å². The fourth-order valence-corrected chi connectivity index (χ4v) is 2.28. The summed E-state index contributed by atoms with van der Waals surface area (Å²) in [6.45, 7) is 4.34. The van der Waals surface area contributed by atoms with Gasteiger partial charge in [-0.15, -0.1) is 0 Å². The van der Waals surface area contributed by atoms with E-state index in [-0.39, 0.29) is 0 Å². The van der Waals surface area contributed by atoms with Gasteiger partial charge in [-0.3, -0.25) is 4.98 Å². The van der Waals surface area contributed by atoms with Crippen LogP contribution in [-0.2, 0) is 12.8 Å². The summed E-state index contributed by atoms with van der Waals surface area (Å²) in [6.07, 6.45) is 8.20. The zero-order valence-corrected chi connectivity index (χ0v) is 11.5. The molecule has 0 fully saturated rings. The number of aryl methyl sites for hydroxylation is 1. The van der Waals surface area contributed by atoms with Crippen LogP contribution in [0.5, 0.6) is 0 Å². The molecule has 0 aliphatic carbocycles. The van der Waals surface area contributed by atoms with E-state index in [1.54, 1.807) is 6.20 Å². The molecular weight excluding hydrogens is 241 g/mol. The summed E-state index contributed by atoms with van der Waals surface area (Å²) in [7, 11) is 0. The average Bonchev–Trinajstić information content (AvgIpc) is 2.28. The molecule has 3 heteroatoms. The Hall–Kier alpha value is -0.270. The zero-order valence-electron chi connectivity index (χ0n) is 10.0. The van der Waals surface area contributed by atoms with Crippen LogP contribution in [0.2, 0.25) is 10.0 Å². The van der Waals surface area contributed by atoms with Crippen LogP contribution in [0.4, 0.5) is 0 Å². The van der Waals surface area contributed by atoms with E-state index in [0.29, 0.717) is 5.02 Å². The Balaban J connectivity index is 2.87. The highest BCUT2D eigenvalue weighted by atomic mass is 35.5. The highest BCUT2D eigenvalue weighted by Crippen LogP contribution is 2.28. The molecule has 0 aliphatic heterocycles. The Morgan fingerprint density at radius 2 is 1.69 bits per heavy atom. The fourth-order valence-electron chi connectivity index (χ4n) is 1.65. The summed E-state index contributed by atoms with van der Waals surface area (Å²) in [5.41, 5.74) is 2.07. The molecule has 1 aromatic rings. The van der Waals surface area contributed by atoms with Gasteiger partial charge in [0.2, 0.25) is 0 Å². The molecule has 1 aromatic heterocycles. The summed E-state index contributed by atoms with van der Waals surface area (Å²) >= 11 is 12.5. The van der Waals surface area contributed by atoms with Gasteiger partial charge in [0.05, 0.1) is 15.7 Å². The molecule has 0 bridgehead atoms. The van der Waals surface area contributed by atoms with Crippen molar-refractivity contribution < 1.29 is 0 Å².